The Morgan fingerprint density at radius 1 is 1.22 bits per heavy atom. The largest absolute Gasteiger partial charge is 0.349 e. The zero-order valence-corrected chi connectivity index (χ0v) is 11.4. The molecule has 3 N–H and O–H groups in total. The second kappa shape index (κ2) is 7.17. The van der Waals surface area contributed by atoms with E-state index < -0.39 is 0 Å². The third-order valence-corrected chi connectivity index (χ3v) is 3.63. The van der Waals surface area contributed by atoms with E-state index in [-0.39, 0.29) is 11.4 Å². The van der Waals surface area contributed by atoms with Gasteiger partial charge in [0.1, 0.15) is 0 Å². The van der Waals surface area contributed by atoms with Crippen LogP contribution in [0.15, 0.2) is 30.3 Å². The van der Waals surface area contributed by atoms with Gasteiger partial charge in [0.2, 0.25) is 5.91 Å². The lowest BCUT2D eigenvalue weighted by molar-refractivity contribution is -0.123. The quantitative estimate of drug-likeness (QED) is 0.777. The molecule has 0 saturated heterocycles. The molecular weight excluding hydrogens is 224 g/mol. The van der Waals surface area contributed by atoms with Crippen LogP contribution in [-0.4, -0.2) is 18.0 Å². The summed E-state index contributed by atoms with van der Waals surface area (Å²) in [7, 11) is 0. The molecule has 1 amide bonds. The van der Waals surface area contributed by atoms with E-state index in [9.17, 15) is 4.79 Å². The van der Waals surface area contributed by atoms with Crippen molar-refractivity contribution in [3.8, 4) is 0 Å². The summed E-state index contributed by atoms with van der Waals surface area (Å²) in [6.45, 7) is 4.62. The lowest BCUT2D eigenvalue weighted by Gasteiger charge is -2.31. The molecule has 0 atom stereocenters. The van der Waals surface area contributed by atoms with Gasteiger partial charge < -0.3 is 11.1 Å². The maximum absolute atomic E-state index is 11.9. The highest BCUT2D eigenvalue weighted by Crippen LogP contribution is 2.13. The first-order valence-corrected chi connectivity index (χ1v) is 6.71. The first-order chi connectivity index (χ1) is 8.65. The molecule has 18 heavy (non-hydrogen) atoms. The van der Waals surface area contributed by atoms with Crippen LogP contribution in [0.25, 0.3) is 0 Å². The van der Waals surface area contributed by atoms with Gasteiger partial charge in [-0.05, 0) is 24.8 Å². The minimum absolute atomic E-state index is 0.0907. The minimum Gasteiger partial charge on any atom is -0.349 e. The van der Waals surface area contributed by atoms with Crippen molar-refractivity contribution in [3.63, 3.8) is 0 Å². The molecule has 0 aliphatic carbocycles. The van der Waals surface area contributed by atoms with E-state index in [1.807, 2.05) is 30.3 Å². The van der Waals surface area contributed by atoms with Crippen molar-refractivity contribution < 1.29 is 4.79 Å². The predicted octanol–water partition coefficient (Wildman–Crippen LogP) is 2.25. The zero-order chi connectivity index (χ0) is 13.4. The average molecular weight is 248 g/mol. The molecule has 0 saturated carbocycles. The van der Waals surface area contributed by atoms with Gasteiger partial charge in [-0.25, -0.2) is 0 Å². The molecule has 1 aromatic carbocycles. The maximum Gasteiger partial charge on any atom is 0.220 e. The van der Waals surface area contributed by atoms with E-state index in [0.29, 0.717) is 13.0 Å². The Morgan fingerprint density at radius 3 is 2.33 bits per heavy atom. The van der Waals surface area contributed by atoms with Crippen LogP contribution >= 0.6 is 0 Å². The molecule has 1 aromatic rings. The van der Waals surface area contributed by atoms with Crippen LogP contribution in [0.1, 0.15) is 38.7 Å². The average Bonchev–Trinajstić information content (AvgIpc) is 2.44. The lowest BCUT2D eigenvalue weighted by atomic mass is 9.92. The first-order valence-electron chi connectivity index (χ1n) is 6.71. The number of amides is 1. The second-order valence-corrected chi connectivity index (χ2v) is 4.73. The van der Waals surface area contributed by atoms with E-state index in [0.717, 1.165) is 19.3 Å². The van der Waals surface area contributed by atoms with Crippen molar-refractivity contribution in [2.24, 2.45) is 5.73 Å². The van der Waals surface area contributed by atoms with Gasteiger partial charge in [0, 0.05) is 13.0 Å². The number of nitrogens with two attached hydrogens (primary N) is 1. The fraction of sp³-hybridized carbons (Fsp3) is 0.533. The number of rotatable bonds is 7. The normalized spacial score (nSPS) is 11.3. The van der Waals surface area contributed by atoms with Gasteiger partial charge in [0.05, 0.1) is 5.54 Å². The Labute approximate surface area is 110 Å². The minimum atomic E-state index is -0.228. The Bertz CT molecular complexity index is 350. The highest BCUT2D eigenvalue weighted by Gasteiger charge is 2.25. The van der Waals surface area contributed by atoms with Crippen LogP contribution in [0.2, 0.25) is 0 Å². The van der Waals surface area contributed by atoms with Crippen molar-refractivity contribution in [1.82, 2.24) is 5.32 Å². The second-order valence-electron chi connectivity index (χ2n) is 4.73. The summed E-state index contributed by atoms with van der Waals surface area (Å²) >= 11 is 0. The van der Waals surface area contributed by atoms with Gasteiger partial charge in [-0.15, -0.1) is 0 Å². The standard InChI is InChI=1S/C15H24N2O/c1-3-15(4-2,12-16)17-14(18)11-10-13-8-6-5-7-9-13/h5-9H,3-4,10-12,16H2,1-2H3,(H,17,18). The van der Waals surface area contributed by atoms with E-state index in [2.05, 4.69) is 19.2 Å². The molecular formula is C15H24N2O. The Kier molecular flexibility index (Phi) is 5.86. The SMILES string of the molecule is CCC(CC)(CN)NC(=O)CCc1ccccc1. The third kappa shape index (κ3) is 4.15. The topological polar surface area (TPSA) is 55.1 Å². The smallest absolute Gasteiger partial charge is 0.220 e. The summed E-state index contributed by atoms with van der Waals surface area (Å²) in [4.78, 5) is 11.9. The molecule has 0 radical (unpaired) electrons. The Morgan fingerprint density at radius 2 is 1.83 bits per heavy atom. The van der Waals surface area contributed by atoms with E-state index in [1.165, 1.54) is 5.56 Å². The summed E-state index contributed by atoms with van der Waals surface area (Å²) in [5, 5.41) is 3.09. The van der Waals surface area contributed by atoms with E-state index >= 15 is 0 Å². The van der Waals surface area contributed by atoms with Gasteiger partial charge >= 0.3 is 0 Å². The van der Waals surface area contributed by atoms with Gasteiger partial charge in [0.15, 0.2) is 0 Å². The molecule has 0 fully saturated rings. The number of nitrogens with one attached hydrogen (secondary N) is 1. The van der Waals surface area contributed by atoms with Crippen LogP contribution < -0.4 is 11.1 Å². The van der Waals surface area contributed by atoms with Gasteiger partial charge in [-0.3, -0.25) is 4.79 Å². The number of carbonyl (C=O) groups excluding carboxylic acids is 1. The number of hydrogen-bond donors (Lipinski definition) is 2. The van der Waals surface area contributed by atoms with Crippen molar-refractivity contribution in [2.45, 2.75) is 45.1 Å². The molecule has 0 aliphatic rings. The Balaban J connectivity index is 2.46. The molecule has 3 heteroatoms. The first kappa shape index (κ1) is 14.7. The molecule has 1 rings (SSSR count). The molecule has 0 aliphatic heterocycles. The van der Waals surface area contributed by atoms with Gasteiger partial charge in [-0.2, -0.15) is 0 Å². The predicted molar refractivity (Wildman–Crippen MR) is 75.3 cm³/mol. The Hall–Kier alpha value is -1.35. The van der Waals surface area contributed by atoms with E-state index in [4.69, 9.17) is 5.73 Å². The van der Waals surface area contributed by atoms with Gasteiger partial charge in [-0.1, -0.05) is 44.2 Å². The van der Waals surface area contributed by atoms with E-state index in [1.54, 1.807) is 0 Å². The molecule has 0 heterocycles. The monoisotopic (exact) mass is 248 g/mol. The highest BCUT2D eigenvalue weighted by atomic mass is 16.1. The molecule has 0 spiro atoms. The third-order valence-electron chi connectivity index (χ3n) is 3.63. The summed E-state index contributed by atoms with van der Waals surface area (Å²) in [6, 6.07) is 10.1. The zero-order valence-electron chi connectivity index (χ0n) is 11.4. The van der Waals surface area contributed by atoms with Crippen LogP contribution in [-0.2, 0) is 11.2 Å². The molecule has 0 unspecified atom stereocenters. The number of carbonyl (C=O) groups is 1. The summed E-state index contributed by atoms with van der Waals surface area (Å²) in [5.41, 5.74) is 6.73. The summed E-state index contributed by atoms with van der Waals surface area (Å²) < 4.78 is 0. The number of aryl methyl sites for hydroxylation is 1. The van der Waals surface area contributed by atoms with Crippen LogP contribution in [0.5, 0.6) is 0 Å². The molecule has 0 bridgehead atoms. The van der Waals surface area contributed by atoms with Crippen molar-refractivity contribution in [3.05, 3.63) is 35.9 Å². The van der Waals surface area contributed by atoms with Crippen molar-refractivity contribution in [1.29, 1.82) is 0 Å². The molecule has 3 nitrogen and oxygen atoms in total. The summed E-state index contributed by atoms with van der Waals surface area (Å²) in [5.74, 6) is 0.0907. The van der Waals surface area contributed by atoms with Crippen molar-refractivity contribution in [2.75, 3.05) is 6.54 Å². The van der Waals surface area contributed by atoms with Crippen molar-refractivity contribution >= 4 is 5.91 Å². The lowest BCUT2D eigenvalue weighted by Crippen LogP contribution is -2.52. The fourth-order valence-corrected chi connectivity index (χ4v) is 2.03. The van der Waals surface area contributed by atoms with Crippen LogP contribution in [0, 0.1) is 0 Å². The fourth-order valence-electron chi connectivity index (χ4n) is 2.03. The summed E-state index contributed by atoms with van der Waals surface area (Å²) in [6.07, 6.45) is 3.04. The maximum atomic E-state index is 11.9. The van der Waals surface area contributed by atoms with Crippen LogP contribution in [0.4, 0.5) is 0 Å². The molecule has 100 valence electrons. The number of hydrogen-bond acceptors (Lipinski definition) is 2. The highest BCUT2D eigenvalue weighted by molar-refractivity contribution is 5.77. The number of benzene rings is 1. The van der Waals surface area contributed by atoms with Gasteiger partial charge in [0.25, 0.3) is 0 Å². The molecule has 0 aromatic heterocycles. The van der Waals surface area contributed by atoms with Crippen LogP contribution in [0.3, 0.4) is 0 Å².